The SMILES string of the molecule is Cc1ccnc(NS(=O)(=O)c2ccc(N)cc2)n1.O=c1[nH]c(=O)n(C2C[C@H](O)[C@@H](CO)O2)cc1I. The molecule has 0 aliphatic carbocycles. The molecular formula is C20H23IN6O7S. The van der Waals surface area contributed by atoms with Gasteiger partial charge in [0.15, 0.2) is 0 Å². The number of nitrogens with one attached hydrogen (secondary N) is 2. The number of aryl methyl sites for hydroxylation is 1. The van der Waals surface area contributed by atoms with E-state index in [0.717, 1.165) is 0 Å². The van der Waals surface area contributed by atoms with Gasteiger partial charge in [0, 0.05) is 30.2 Å². The van der Waals surface area contributed by atoms with E-state index >= 15 is 0 Å². The number of ether oxygens (including phenoxy) is 1. The largest absolute Gasteiger partial charge is 0.399 e. The van der Waals surface area contributed by atoms with Gasteiger partial charge in [0.25, 0.3) is 15.6 Å². The molecule has 4 rings (SSSR count). The first-order valence-electron chi connectivity index (χ1n) is 10.1. The maximum atomic E-state index is 12.0. The molecule has 1 aromatic carbocycles. The van der Waals surface area contributed by atoms with Gasteiger partial charge in [-0.1, -0.05) is 0 Å². The Labute approximate surface area is 213 Å². The average molecular weight is 618 g/mol. The number of aliphatic hydroxyl groups excluding tert-OH is 2. The smallest absolute Gasteiger partial charge is 0.330 e. The summed E-state index contributed by atoms with van der Waals surface area (Å²) in [6.45, 7) is 1.44. The number of aromatic nitrogens is 4. The summed E-state index contributed by atoms with van der Waals surface area (Å²) in [5.41, 5.74) is 5.64. The van der Waals surface area contributed by atoms with Crippen LogP contribution in [0.3, 0.4) is 0 Å². The number of aromatic amines is 1. The molecule has 0 spiro atoms. The molecule has 0 saturated carbocycles. The molecule has 0 radical (unpaired) electrons. The third kappa shape index (κ3) is 6.85. The fraction of sp³-hybridized carbons (Fsp3) is 0.300. The molecule has 1 fully saturated rings. The fourth-order valence-corrected chi connectivity index (χ4v) is 4.43. The molecule has 188 valence electrons. The highest BCUT2D eigenvalue weighted by atomic mass is 127. The number of nitrogens with zero attached hydrogens (tertiary/aromatic N) is 3. The van der Waals surface area contributed by atoms with Gasteiger partial charge in [-0.2, -0.15) is 0 Å². The van der Waals surface area contributed by atoms with Gasteiger partial charge in [0.2, 0.25) is 5.95 Å². The molecule has 3 heterocycles. The highest BCUT2D eigenvalue weighted by Gasteiger charge is 2.35. The predicted octanol–water partition coefficient (Wildman–Crippen LogP) is -0.0501. The Balaban J connectivity index is 0.000000196. The molecule has 1 saturated heterocycles. The van der Waals surface area contributed by atoms with E-state index < -0.39 is 39.7 Å². The van der Waals surface area contributed by atoms with Crippen molar-refractivity contribution in [1.82, 2.24) is 19.5 Å². The molecule has 15 heteroatoms. The first-order valence-corrected chi connectivity index (χ1v) is 12.7. The maximum Gasteiger partial charge on any atom is 0.330 e. The zero-order valence-corrected chi connectivity index (χ0v) is 21.3. The van der Waals surface area contributed by atoms with Gasteiger partial charge in [0.05, 0.1) is 21.2 Å². The summed E-state index contributed by atoms with van der Waals surface area (Å²) in [6.07, 6.45) is 0.882. The molecule has 3 atom stereocenters. The normalized spacial score (nSPS) is 19.6. The minimum Gasteiger partial charge on any atom is -0.399 e. The van der Waals surface area contributed by atoms with Crippen molar-refractivity contribution < 1.29 is 23.4 Å². The van der Waals surface area contributed by atoms with Gasteiger partial charge in [-0.15, -0.1) is 0 Å². The van der Waals surface area contributed by atoms with Crippen LogP contribution < -0.4 is 21.7 Å². The molecule has 0 bridgehead atoms. The summed E-state index contributed by atoms with van der Waals surface area (Å²) in [7, 11) is -3.68. The second-order valence-corrected chi connectivity index (χ2v) is 10.3. The van der Waals surface area contributed by atoms with Gasteiger partial charge in [-0.3, -0.25) is 14.3 Å². The number of hydrogen-bond donors (Lipinski definition) is 5. The van der Waals surface area contributed by atoms with Crippen molar-refractivity contribution in [2.45, 2.75) is 36.7 Å². The standard InChI is InChI=1S/C11H12N4O2S.C9H11IN2O5/c1-8-6-7-13-11(14-8)15-18(16,17)10-4-2-9(12)3-5-10;10-4-2-12(9(16)11-8(4)15)7-1-5(14)6(3-13)17-7/h2-7H,12H2,1H3,(H,13,14,15);2,5-7,13-14H,1,3H2,(H,11,15,16)/t;5-,6+,7?/m.0/s1. The van der Waals surface area contributed by atoms with E-state index in [4.69, 9.17) is 15.6 Å². The summed E-state index contributed by atoms with van der Waals surface area (Å²) in [4.78, 5) is 32.8. The van der Waals surface area contributed by atoms with Crippen LogP contribution in [-0.4, -0.2) is 57.0 Å². The number of H-pyrrole nitrogens is 1. The molecule has 1 aliphatic heterocycles. The third-order valence-corrected chi connectivity index (χ3v) is 6.94. The van der Waals surface area contributed by atoms with Crippen LogP contribution in [0.1, 0.15) is 18.3 Å². The van der Waals surface area contributed by atoms with Crippen LogP contribution in [0.4, 0.5) is 11.6 Å². The fourth-order valence-electron chi connectivity index (χ4n) is 3.05. The lowest BCUT2D eigenvalue weighted by Gasteiger charge is -2.14. The van der Waals surface area contributed by atoms with E-state index in [-0.39, 0.29) is 23.9 Å². The van der Waals surface area contributed by atoms with Crippen molar-refractivity contribution >= 4 is 44.2 Å². The Kier molecular flexibility index (Phi) is 8.60. The van der Waals surface area contributed by atoms with E-state index in [2.05, 4.69) is 19.7 Å². The van der Waals surface area contributed by atoms with Crippen molar-refractivity contribution in [2.75, 3.05) is 17.1 Å². The monoisotopic (exact) mass is 618 g/mol. The molecule has 6 N–H and O–H groups in total. The van der Waals surface area contributed by atoms with Crippen LogP contribution in [-0.2, 0) is 14.8 Å². The van der Waals surface area contributed by atoms with Crippen molar-refractivity contribution in [3.8, 4) is 0 Å². The lowest BCUT2D eigenvalue weighted by Crippen LogP contribution is -2.33. The van der Waals surface area contributed by atoms with Crippen LogP contribution in [0.25, 0.3) is 0 Å². The van der Waals surface area contributed by atoms with E-state index in [0.29, 0.717) is 15.0 Å². The summed E-state index contributed by atoms with van der Waals surface area (Å²) in [6, 6.07) is 7.57. The zero-order valence-electron chi connectivity index (χ0n) is 18.3. The maximum absolute atomic E-state index is 12.0. The summed E-state index contributed by atoms with van der Waals surface area (Å²) < 4.78 is 33.2. The number of benzene rings is 1. The Morgan fingerprint density at radius 1 is 1.29 bits per heavy atom. The van der Waals surface area contributed by atoms with Crippen molar-refractivity contribution in [3.63, 3.8) is 0 Å². The molecule has 13 nitrogen and oxygen atoms in total. The van der Waals surface area contributed by atoms with Gasteiger partial charge in [0.1, 0.15) is 12.3 Å². The van der Waals surface area contributed by atoms with Crippen molar-refractivity contribution in [3.05, 3.63) is 72.8 Å². The number of halogens is 1. The number of rotatable bonds is 5. The van der Waals surface area contributed by atoms with Gasteiger partial charge in [-0.25, -0.2) is 27.9 Å². The molecule has 1 unspecified atom stereocenters. The van der Waals surface area contributed by atoms with E-state index in [9.17, 15) is 23.1 Å². The number of anilines is 2. The Morgan fingerprint density at radius 3 is 2.57 bits per heavy atom. The third-order valence-electron chi connectivity index (χ3n) is 4.83. The topological polar surface area (TPSA) is 203 Å². The minimum atomic E-state index is -3.68. The number of hydrogen-bond acceptors (Lipinski definition) is 10. The lowest BCUT2D eigenvalue weighted by molar-refractivity contribution is -0.0459. The summed E-state index contributed by atoms with van der Waals surface area (Å²) >= 11 is 1.80. The minimum absolute atomic E-state index is 0.0480. The highest BCUT2D eigenvalue weighted by Crippen LogP contribution is 2.27. The van der Waals surface area contributed by atoms with Crippen LogP contribution in [0, 0.1) is 10.5 Å². The Bertz CT molecular complexity index is 1390. The van der Waals surface area contributed by atoms with Gasteiger partial charge in [-0.05, 0) is 59.8 Å². The van der Waals surface area contributed by atoms with Gasteiger partial charge >= 0.3 is 5.69 Å². The molecule has 35 heavy (non-hydrogen) atoms. The zero-order chi connectivity index (χ0) is 25.8. The van der Waals surface area contributed by atoms with Crippen molar-refractivity contribution in [2.24, 2.45) is 0 Å². The molecule has 1 aliphatic rings. The second-order valence-electron chi connectivity index (χ2n) is 7.45. The molecular weight excluding hydrogens is 595 g/mol. The molecule has 3 aromatic rings. The quantitative estimate of drug-likeness (QED) is 0.191. The number of sulfonamides is 1. The van der Waals surface area contributed by atoms with Crippen LogP contribution in [0.2, 0.25) is 0 Å². The second kappa shape index (κ2) is 11.3. The van der Waals surface area contributed by atoms with E-state index in [1.807, 2.05) is 0 Å². The molecule has 0 amide bonds. The predicted molar refractivity (Wildman–Crippen MR) is 134 cm³/mol. The average Bonchev–Trinajstić information content (AvgIpc) is 3.17. The first-order chi connectivity index (χ1) is 16.5. The number of aliphatic hydroxyl groups is 2. The van der Waals surface area contributed by atoms with Crippen LogP contribution in [0.5, 0.6) is 0 Å². The Morgan fingerprint density at radius 2 is 1.97 bits per heavy atom. The van der Waals surface area contributed by atoms with E-state index in [1.165, 1.54) is 41.2 Å². The summed E-state index contributed by atoms with van der Waals surface area (Å²) in [5.74, 6) is 0.0480. The van der Waals surface area contributed by atoms with Crippen LogP contribution >= 0.6 is 22.6 Å². The van der Waals surface area contributed by atoms with Crippen LogP contribution in [0.15, 0.2) is 57.2 Å². The Hall–Kier alpha value is -2.86. The first kappa shape index (κ1) is 26.7. The molecule has 2 aromatic heterocycles. The number of nitrogens with two attached hydrogens (primary N) is 1. The van der Waals surface area contributed by atoms with Gasteiger partial charge < -0.3 is 20.7 Å². The highest BCUT2D eigenvalue weighted by molar-refractivity contribution is 14.1. The van der Waals surface area contributed by atoms with Crippen molar-refractivity contribution in [1.29, 1.82) is 0 Å². The van der Waals surface area contributed by atoms with E-state index in [1.54, 1.807) is 35.6 Å². The summed E-state index contributed by atoms with van der Waals surface area (Å²) in [5, 5.41) is 18.5. The lowest BCUT2D eigenvalue weighted by atomic mass is 10.2. The number of nitrogen functional groups attached to an aromatic ring is 1.